The van der Waals surface area contributed by atoms with E-state index < -0.39 is 0 Å². The molecule has 0 fully saturated rings. The summed E-state index contributed by atoms with van der Waals surface area (Å²) in [5.41, 5.74) is 5.11. The molecule has 0 saturated heterocycles. The molecule has 0 aliphatic carbocycles. The van der Waals surface area contributed by atoms with Crippen molar-refractivity contribution in [1.29, 1.82) is 0 Å². The third-order valence-corrected chi connectivity index (χ3v) is 4.70. The molecule has 0 amide bonds. The summed E-state index contributed by atoms with van der Waals surface area (Å²) in [6.07, 6.45) is 4.32. The van der Waals surface area contributed by atoms with Gasteiger partial charge in [-0.25, -0.2) is 0 Å². The third kappa shape index (κ3) is 2.35. The van der Waals surface area contributed by atoms with Gasteiger partial charge < -0.3 is 14.2 Å². The van der Waals surface area contributed by atoms with Gasteiger partial charge in [0.25, 0.3) is 0 Å². The van der Waals surface area contributed by atoms with E-state index in [9.17, 15) is 0 Å². The van der Waals surface area contributed by atoms with E-state index in [0.717, 1.165) is 60.2 Å². The van der Waals surface area contributed by atoms with Gasteiger partial charge in [-0.05, 0) is 61.1 Å². The first-order valence-electron chi connectivity index (χ1n) is 8.50. The van der Waals surface area contributed by atoms with E-state index >= 15 is 0 Å². The van der Waals surface area contributed by atoms with Crippen LogP contribution in [-0.4, -0.2) is 0 Å². The van der Waals surface area contributed by atoms with Crippen LogP contribution in [0.4, 0.5) is 0 Å². The van der Waals surface area contributed by atoms with E-state index in [1.807, 2.05) is 0 Å². The third-order valence-electron chi connectivity index (χ3n) is 4.70. The van der Waals surface area contributed by atoms with Crippen LogP contribution in [-0.2, 0) is 12.8 Å². The molecule has 2 heterocycles. The van der Waals surface area contributed by atoms with Crippen LogP contribution in [0.2, 0.25) is 0 Å². The maximum atomic E-state index is 6.18. The number of hydrogen-bond donors (Lipinski definition) is 0. The van der Waals surface area contributed by atoms with Crippen molar-refractivity contribution in [1.82, 2.24) is 0 Å². The molecule has 0 N–H and O–H groups in total. The molecule has 2 aromatic carbocycles. The fourth-order valence-corrected chi connectivity index (χ4v) is 3.26. The Morgan fingerprint density at radius 2 is 1.17 bits per heavy atom. The molecule has 3 nitrogen and oxygen atoms in total. The quantitative estimate of drug-likeness (QED) is 0.397. The van der Waals surface area contributed by atoms with Crippen LogP contribution in [0.5, 0.6) is 34.5 Å². The second-order valence-electron chi connectivity index (χ2n) is 6.44. The van der Waals surface area contributed by atoms with E-state index in [-0.39, 0.29) is 0 Å². The van der Waals surface area contributed by atoms with Crippen LogP contribution < -0.4 is 14.2 Å². The fourth-order valence-electron chi connectivity index (χ4n) is 3.26. The van der Waals surface area contributed by atoms with Gasteiger partial charge in [0, 0.05) is 0 Å². The number of aryl methyl sites for hydroxylation is 2. The van der Waals surface area contributed by atoms with Crippen molar-refractivity contribution in [3.63, 3.8) is 0 Å². The molecule has 4 rings (SSSR count). The molecule has 0 bridgehead atoms. The molecule has 2 aromatic rings. The molecule has 2 aliphatic heterocycles. The van der Waals surface area contributed by atoms with Crippen molar-refractivity contribution < 1.29 is 14.2 Å². The maximum absolute atomic E-state index is 6.18. The Balaban J connectivity index is 1.68. The van der Waals surface area contributed by atoms with E-state index in [1.54, 1.807) is 0 Å². The molecule has 23 heavy (non-hydrogen) atoms. The minimum absolute atomic E-state index is 0.818. The van der Waals surface area contributed by atoms with Crippen LogP contribution in [0.15, 0.2) is 12.1 Å². The lowest BCUT2D eigenvalue weighted by atomic mass is 10.0. The van der Waals surface area contributed by atoms with Crippen molar-refractivity contribution in [2.45, 2.75) is 53.4 Å². The fraction of sp³-hybridized carbons (Fsp3) is 0.400. The Morgan fingerprint density at radius 1 is 0.739 bits per heavy atom. The molecule has 0 spiro atoms. The highest BCUT2D eigenvalue weighted by molar-refractivity contribution is 5.73. The first kappa shape index (κ1) is 14.4. The number of fused-ring (bicyclic) bond motifs is 2. The molecule has 2 aliphatic rings. The van der Waals surface area contributed by atoms with Crippen molar-refractivity contribution in [2.75, 3.05) is 0 Å². The molecule has 0 aromatic heterocycles. The Morgan fingerprint density at radius 3 is 1.57 bits per heavy atom. The van der Waals surface area contributed by atoms with Crippen molar-refractivity contribution >= 4 is 0 Å². The smallest absolute Gasteiger partial charge is 0.212 e. The number of benzene rings is 2. The Labute approximate surface area is 137 Å². The molecule has 0 radical (unpaired) electrons. The lowest BCUT2D eigenvalue weighted by Crippen LogP contribution is -1.90. The van der Waals surface area contributed by atoms with Gasteiger partial charge in [0.15, 0.2) is 23.0 Å². The van der Waals surface area contributed by atoms with Gasteiger partial charge in [0.1, 0.15) is 0 Å². The summed E-state index contributed by atoms with van der Waals surface area (Å²) in [6.45, 7) is 8.62. The number of rotatable bonds is 6. The normalized spacial score (nSPS) is 12.9. The Bertz CT molecular complexity index is 738. The standard InChI is InChI=1S/C20H22O3/c1-5-7-13-9-15(19-17(22-19)11(13)3)21-16-10-14(8-6-2)12(4)18-20(16)23-18/h9-10H,5-8H2,1-4H3. The SMILES string of the molecule is CCCc1cc(Oc2cc(CCC)c(C)c3c2O3)c2c(c1C)O2. The van der Waals surface area contributed by atoms with E-state index in [2.05, 4.69) is 39.8 Å². The molecular weight excluding hydrogens is 288 g/mol. The molecule has 3 heteroatoms. The second kappa shape index (κ2) is 5.19. The summed E-state index contributed by atoms with van der Waals surface area (Å²) >= 11 is 0. The average molecular weight is 310 g/mol. The van der Waals surface area contributed by atoms with Crippen LogP contribution in [0.25, 0.3) is 0 Å². The first-order valence-corrected chi connectivity index (χ1v) is 8.50. The minimum Gasteiger partial charge on any atom is -0.449 e. The predicted octanol–water partition coefficient (Wildman–Crippen LogP) is 6.21. The summed E-state index contributed by atoms with van der Waals surface area (Å²) in [5.74, 6) is 5.39. The van der Waals surface area contributed by atoms with Gasteiger partial charge in [0.05, 0.1) is 0 Å². The van der Waals surface area contributed by atoms with E-state index in [0.29, 0.717) is 0 Å². The van der Waals surface area contributed by atoms with Gasteiger partial charge in [-0.2, -0.15) is 0 Å². The van der Waals surface area contributed by atoms with Gasteiger partial charge in [0.2, 0.25) is 11.5 Å². The summed E-state index contributed by atoms with van der Waals surface area (Å²) in [5, 5.41) is 0. The highest BCUT2D eigenvalue weighted by Crippen LogP contribution is 2.61. The molecule has 0 unspecified atom stereocenters. The highest BCUT2D eigenvalue weighted by Gasteiger charge is 2.35. The maximum Gasteiger partial charge on any atom is 0.212 e. The van der Waals surface area contributed by atoms with Gasteiger partial charge in [-0.3, -0.25) is 0 Å². The lowest BCUT2D eigenvalue weighted by molar-refractivity contribution is 0.461. The van der Waals surface area contributed by atoms with Gasteiger partial charge in [-0.15, -0.1) is 0 Å². The van der Waals surface area contributed by atoms with Crippen LogP contribution >= 0.6 is 0 Å². The van der Waals surface area contributed by atoms with Gasteiger partial charge in [-0.1, -0.05) is 26.7 Å². The largest absolute Gasteiger partial charge is 0.449 e. The van der Waals surface area contributed by atoms with Crippen LogP contribution in [0.3, 0.4) is 0 Å². The monoisotopic (exact) mass is 310 g/mol. The molecule has 120 valence electrons. The Hall–Kier alpha value is -2.16. The summed E-state index contributed by atoms with van der Waals surface area (Å²) in [7, 11) is 0. The number of ether oxygens (including phenoxy) is 3. The zero-order valence-corrected chi connectivity index (χ0v) is 14.2. The van der Waals surface area contributed by atoms with Crippen LogP contribution in [0, 0.1) is 13.8 Å². The molecule has 0 atom stereocenters. The topological polar surface area (TPSA) is 34.3 Å². The average Bonchev–Trinajstić information content (AvgIpc) is 3.41. The number of hydrogen-bond acceptors (Lipinski definition) is 3. The predicted molar refractivity (Wildman–Crippen MR) is 90.6 cm³/mol. The highest BCUT2D eigenvalue weighted by atomic mass is 16.6. The second-order valence-corrected chi connectivity index (χ2v) is 6.44. The van der Waals surface area contributed by atoms with Crippen molar-refractivity contribution in [2.24, 2.45) is 0 Å². The van der Waals surface area contributed by atoms with Crippen LogP contribution in [0.1, 0.15) is 48.9 Å². The zero-order valence-electron chi connectivity index (χ0n) is 14.2. The Kier molecular flexibility index (Phi) is 3.26. The van der Waals surface area contributed by atoms with E-state index in [4.69, 9.17) is 14.2 Å². The van der Waals surface area contributed by atoms with Gasteiger partial charge >= 0.3 is 0 Å². The lowest BCUT2D eigenvalue weighted by Gasteiger charge is -2.08. The zero-order chi connectivity index (χ0) is 16.1. The van der Waals surface area contributed by atoms with E-state index in [1.165, 1.54) is 22.3 Å². The summed E-state index contributed by atoms with van der Waals surface area (Å²) < 4.78 is 17.5. The minimum atomic E-state index is 0.818. The molecule has 0 saturated carbocycles. The van der Waals surface area contributed by atoms with Crippen molar-refractivity contribution in [3.05, 3.63) is 34.4 Å². The summed E-state index contributed by atoms with van der Waals surface area (Å²) in [4.78, 5) is 0. The van der Waals surface area contributed by atoms with Crippen molar-refractivity contribution in [3.8, 4) is 34.5 Å². The first-order chi connectivity index (χ1) is 11.1. The summed E-state index contributed by atoms with van der Waals surface area (Å²) in [6, 6.07) is 4.25. The molecular formula is C20H22O3.